The van der Waals surface area contributed by atoms with Crippen LogP contribution in [0.3, 0.4) is 0 Å². The number of hydrogen-bond donors (Lipinski definition) is 1. The number of benzene rings is 7. The van der Waals surface area contributed by atoms with Crippen LogP contribution in [0.4, 0.5) is 5.69 Å². The summed E-state index contributed by atoms with van der Waals surface area (Å²) in [4.78, 5) is 0. The highest BCUT2D eigenvalue weighted by molar-refractivity contribution is 5.87. The summed E-state index contributed by atoms with van der Waals surface area (Å²) in [5.41, 5.74) is 28.8. The third kappa shape index (κ3) is 8.90. The van der Waals surface area contributed by atoms with Gasteiger partial charge in [0.25, 0.3) is 0 Å². The van der Waals surface area contributed by atoms with Crippen molar-refractivity contribution in [3.05, 3.63) is 194 Å². The molecule has 61 heavy (non-hydrogen) atoms. The van der Waals surface area contributed by atoms with Crippen LogP contribution in [0.15, 0.2) is 121 Å². The second kappa shape index (κ2) is 17.0. The molecule has 1 N–H and O–H groups in total. The van der Waals surface area contributed by atoms with Crippen molar-refractivity contribution in [2.45, 2.75) is 121 Å². The fraction of sp³-hybridized carbons (Fsp3) is 0.300. The molecule has 0 fully saturated rings. The van der Waals surface area contributed by atoms with Gasteiger partial charge < -0.3 is 5.32 Å². The third-order valence-corrected chi connectivity index (χ3v) is 12.8. The van der Waals surface area contributed by atoms with E-state index in [1.54, 1.807) is 0 Å². The molecule has 0 amide bonds. The van der Waals surface area contributed by atoms with E-state index in [1.165, 1.54) is 123 Å². The lowest BCUT2D eigenvalue weighted by atomic mass is 9.78. The second-order valence-electron chi connectivity index (χ2n) is 19.9. The zero-order valence-corrected chi connectivity index (χ0v) is 39.5. The second-order valence-corrected chi connectivity index (χ2v) is 19.9. The van der Waals surface area contributed by atoms with Crippen molar-refractivity contribution in [3.63, 3.8) is 0 Å². The quantitative estimate of drug-likeness (QED) is 0.153. The van der Waals surface area contributed by atoms with E-state index in [-0.39, 0.29) is 11.0 Å². The van der Waals surface area contributed by atoms with Crippen molar-refractivity contribution < 1.29 is 0 Å². The van der Waals surface area contributed by atoms with Crippen molar-refractivity contribution in [1.29, 1.82) is 0 Å². The molecule has 312 valence electrons. The highest BCUT2D eigenvalue weighted by atomic mass is 15.0. The highest BCUT2D eigenvalue weighted by Crippen LogP contribution is 2.45. The first-order valence-corrected chi connectivity index (χ1v) is 22.3. The average Bonchev–Trinajstić information content (AvgIpc) is 3.16. The fourth-order valence-corrected chi connectivity index (χ4v) is 9.84. The molecule has 0 saturated heterocycles. The van der Waals surface area contributed by atoms with Crippen LogP contribution < -0.4 is 5.32 Å². The summed E-state index contributed by atoms with van der Waals surface area (Å²) in [6.45, 7) is 32.2. The predicted molar refractivity (Wildman–Crippen MR) is 267 cm³/mol. The minimum absolute atomic E-state index is 0.0765. The highest BCUT2D eigenvalue weighted by Gasteiger charge is 2.27. The first kappa shape index (κ1) is 43.4. The molecule has 0 atom stereocenters. The van der Waals surface area contributed by atoms with Gasteiger partial charge in [-0.2, -0.15) is 0 Å². The van der Waals surface area contributed by atoms with Gasteiger partial charge in [0.05, 0.1) is 0 Å². The molecule has 0 radical (unpaired) electrons. The Labute approximate surface area is 368 Å². The van der Waals surface area contributed by atoms with Gasteiger partial charge in [0.1, 0.15) is 0 Å². The molecule has 0 heterocycles. The maximum atomic E-state index is 4.17. The van der Waals surface area contributed by atoms with Gasteiger partial charge in [-0.15, -0.1) is 0 Å². The minimum Gasteiger partial charge on any atom is -0.380 e. The van der Waals surface area contributed by atoms with Crippen LogP contribution in [0.2, 0.25) is 0 Å². The number of hydrogen-bond acceptors (Lipinski definition) is 1. The van der Waals surface area contributed by atoms with E-state index < -0.39 is 0 Å². The van der Waals surface area contributed by atoms with E-state index in [4.69, 9.17) is 0 Å². The Balaban J connectivity index is 1.57. The molecule has 0 aromatic heterocycles. The van der Waals surface area contributed by atoms with Crippen molar-refractivity contribution in [2.75, 3.05) is 5.32 Å². The predicted octanol–water partition coefficient (Wildman–Crippen LogP) is 16.5. The van der Waals surface area contributed by atoms with Gasteiger partial charge in [-0.1, -0.05) is 142 Å². The zero-order valence-electron chi connectivity index (χ0n) is 39.5. The van der Waals surface area contributed by atoms with Gasteiger partial charge in [0.15, 0.2) is 0 Å². The zero-order chi connectivity index (χ0) is 44.0. The lowest BCUT2D eigenvalue weighted by Gasteiger charge is -2.31. The molecule has 0 unspecified atom stereocenters. The van der Waals surface area contributed by atoms with Gasteiger partial charge in [-0.25, -0.2) is 0 Å². The summed E-state index contributed by atoms with van der Waals surface area (Å²) in [7, 11) is 0. The molecule has 1 nitrogen and oxygen atoms in total. The van der Waals surface area contributed by atoms with E-state index in [0.717, 1.165) is 12.8 Å². The lowest BCUT2D eigenvalue weighted by Crippen LogP contribution is -2.28. The summed E-state index contributed by atoms with van der Waals surface area (Å²) >= 11 is 0. The number of nitrogens with one attached hydrogen (secondary N) is 1. The van der Waals surface area contributed by atoms with Crippen LogP contribution in [-0.4, -0.2) is 5.54 Å². The molecular formula is C60H67N. The first-order chi connectivity index (χ1) is 28.8. The van der Waals surface area contributed by atoms with Crippen molar-refractivity contribution in [3.8, 4) is 44.5 Å². The monoisotopic (exact) mass is 802 g/mol. The largest absolute Gasteiger partial charge is 0.380 e. The van der Waals surface area contributed by atoms with Crippen LogP contribution in [0, 0.1) is 55.4 Å². The number of anilines is 1. The lowest BCUT2D eigenvalue weighted by molar-refractivity contribution is 0.588. The molecule has 0 aliphatic heterocycles. The molecule has 0 aliphatic carbocycles. The van der Waals surface area contributed by atoms with E-state index in [2.05, 4.69) is 224 Å². The van der Waals surface area contributed by atoms with Crippen LogP contribution in [-0.2, 0) is 18.3 Å². The standard InChI is InChI=1S/C60H67N/c1-37-21-15-22-38(2)54(37)48-29-19-30-49(55-39(3)23-16-24-40(55)4)52(48)35-45-33-47(59(9,10)11)34-46(58(45)61-60(12,13)14)36-53-50(56-41(5)25-17-26-42(56)6)31-20-32-51(53)57-43(7)27-18-28-44(57)8/h15-34,61H,35-36H2,1-14H3. The molecule has 7 rings (SSSR count). The average molecular weight is 802 g/mol. The van der Waals surface area contributed by atoms with E-state index in [1.807, 2.05) is 0 Å². The molecule has 7 aromatic rings. The first-order valence-electron chi connectivity index (χ1n) is 22.3. The summed E-state index contributed by atoms with van der Waals surface area (Å²) in [6, 6.07) is 46.0. The Morgan fingerprint density at radius 2 is 0.607 bits per heavy atom. The molecule has 7 aromatic carbocycles. The number of rotatable bonds is 9. The summed E-state index contributed by atoms with van der Waals surface area (Å²) in [6.07, 6.45) is 1.56. The molecule has 0 bridgehead atoms. The Bertz CT molecular complexity index is 2370. The molecular weight excluding hydrogens is 735 g/mol. The Morgan fingerprint density at radius 3 is 0.836 bits per heavy atom. The fourth-order valence-electron chi connectivity index (χ4n) is 9.84. The van der Waals surface area contributed by atoms with E-state index in [0.29, 0.717) is 0 Å². The Morgan fingerprint density at radius 1 is 0.361 bits per heavy atom. The third-order valence-electron chi connectivity index (χ3n) is 12.8. The van der Waals surface area contributed by atoms with Gasteiger partial charge in [0.2, 0.25) is 0 Å². The SMILES string of the molecule is Cc1cccc(C)c1-c1cccc(-c2c(C)cccc2C)c1Cc1cc(C(C)(C)C)cc(Cc2c(-c3c(C)cccc3C)cccc2-c2c(C)cccc2C)c1NC(C)(C)C. The topological polar surface area (TPSA) is 12.0 Å². The molecule has 0 aliphatic rings. The molecule has 1 heteroatoms. The summed E-state index contributed by atoms with van der Waals surface area (Å²) in [5, 5.41) is 4.17. The van der Waals surface area contributed by atoms with Crippen LogP contribution in [0.1, 0.15) is 114 Å². The van der Waals surface area contributed by atoms with E-state index >= 15 is 0 Å². The minimum atomic E-state index is -0.185. The maximum Gasteiger partial charge on any atom is 0.0416 e. The van der Waals surface area contributed by atoms with Crippen LogP contribution in [0.25, 0.3) is 44.5 Å². The number of aryl methyl sites for hydroxylation is 8. The van der Waals surface area contributed by atoms with Crippen LogP contribution >= 0.6 is 0 Å². The van der Waals surface area contributed by atoms with Gasteiger partial charge in [-0.3, -0.25) is 0 Å². The Hall–Kier alpha value is -5.66. The van der Waals surface area contributed by atoms with Crippen LogP contribution in [0.5, 0.6) is 0 Å². The van der Waals surface area contributed by atoms with Gasteiger partial charge >= 0.3 is 0 Å². The van der Waals surface area contributed by atoms with Crippen molar-refractivity contribution >= 4 is 5.69 Å². The normalized spacial score (nSPS) is 11.9. The van der Waals surface area contributed by atoms with Gasteiger partial charge in [0, 0.05) is 24.1 Å². The van der Waals surface area contributed by atoms with Gasteiger partial charge in [-0.05, 0) is 198 Å². The maximum absolute atomic E-state index is 4.17. The molecule has 0 saturated carbocycles. The summed E-state index contributed by atoms with van der Waals surface area (Å²) < 4.78 is 0. The van der Waals surface area contributed by atoms with Crippen molar-refractivity contribution in [2.24, 2.45) is 0 Å². The molecule has 0 spiro atoms. The smallest absolute Gasteiger partial charge is 0.0416 e. The Kier molecular flexibility index (Phi) is 12.1. The van der Waals surface area contributed by atoms with Crippen molar-refractivity contribution in [1.82, 2.24) is 0 Å². The van der Waals surface area contributed by atoms with E-state index in [9.17, 15) is 0 Å². The summed E-state index contributed by atoms with van der Waals surface area (Å²) in [5.74, 6) is 0.